The minimum atomic E-state index is -3.84. The average molecular weight is 292 g/mol. The van der Waals surface area contributed by atoms with Crippen molar-refractivity contribution in [1.29, 1.82) is 0 Å². The maximum atomic E-state index is 11.6. The van der Waals surface area contributed by atoms with Gasteiger partial charge in [-0.2, -0.15) is 0 Å². The van der Waals surface area contributed by atoms with Crippen molar-refractivity contribution in [1.82, 2.24) is 4.98 Å². The summed E-state index contributed by atoms with van der Waals surface area (Å²) in [5, 5.41) is 8.33. The number of sulfonamides is 1. The van der Waals surface area contributed by atoms with Gasteiger partial charge in [-0.3, -0.25) is 4.98 Å². The van der Waals surface area contributed by atoms with E-state index in [1.54, 1.807) is 24.5 Å². The molecule has 6 nitrogen and oxygen atoms in total. The zero-order valence-electron chi connectivity index (χ0n) is 10.9. The molecule has 0 saturated heterocycles. The molecule has 0 amide bonds. The second-order valence-corrected chi connectivity index (χ2v) is 5.98. The Balaban J connectivity index is 2.35. The highest BCUT2D eigenvalue weighted by atomic mass is 32.2. The molecular formula is C13H16N4O2S. The fraction of sp³-hybridized carbons (Fsp3) is 0.154. The van der Waals surface area contributed by atoms with Crippen LogP contribution >= 0.6 is 0 Å². The number of primary sulfonamides is 1. The lowest BCUT2D eigenvalue weighted by atomic mass is 10.1. The number of nitrogens with zero attached hydrogens (tertiary/aromatic N) is 1. The first-order chi connectivity index (χ1) is 9.38. The third kappa shape index (κ3) is 3.25. The minimum absolute atomic E-state index is 0.0154. The van der Waals surface area contributed by atoms with Crippen LogP contribution in [0, 0.1) is 0 Å². The number of hydrogen-bond donors (Lipinski definition) is 3. The Morgan fingerprint density at radius 2 is 1.85 bits per heavy atom. The first-order valence-electron chi connectivity index (χ1n) is 5.96. The molecule has 0 bridgehead atoms. The highest BCUT2D eigenvalue weighted by molar-refractivity contribution is 7.89. The minimum Gasteiger partial charge on any atom is -0.399 e. The number of nitrogens with two attached hydrogens (primary N) is 2. The van der Waals surface area contributed by atoms with Crippen molar-refractivity contribution in [3.05, 3.63) is 48.3 Å². The van der Waals surface area contributed by atoms with E-state index in [9.17, 15) is 8.42 Å². The van der Waals surface area contributed by atoms with Crippen LogP contribution in [-0.4, -0.2) is 13.4 Å². The molecule has 0 fully saturated rings. The number of anilines is 2. The third-order valence-electron chi connectivity index (χ3n) is 2.89. The van der Waals surface area contributed by atoms with E-state index in [2.05, 4.69) is 10.3 Å². The van der Waals surface area contributed by atoms with E-state index in [0.29, 0.717) is 11.4 Å². The van der Waals surface area contributed by atoms with Crippen molar-refractivity contribution in [2.24, 2.45) is 5.14 Å². The summed E-state index contributed by atoms with van der Waals surface area (Å²) >= 11 is 0. The Morgan fingerprint density at radius 1 is 1.20 bits per heavy atom. The van der Waals surface area contributed by atoms with Crippen LogP contribution in [0.1, 0.15) is 18.5 Å². The molecule has 20 heavy (non-hydrogen) atoms. The smallest absolute Gasteiger partial charge is 0.240 e. The molecule has 5 N–H and O–H groups in total. The van der Waals surface area contributed by atoms with Crippen LogP contribution in [0.15, 0.2) is 47.6 Å². The number of benzene rings is 1. The zero-order chi connectivity index (χ0) is 14.8. The number of rotatable bonds is 4. The fourth-order valence-corrected chi connectivity index (χ4v) is 2.60. The van der Waals surface area contributed by atoms with Gasteiger partial charge in [0.1, 0.15) is 4.90 Å². The van der Waals surface area contributed by atoms with Crippen LogP contribution < -0.4 is 16.2 Å². The fourth-order valence-electron chi connectivity index (χ4n) is 1.86. The van der Waals surface area contributed by atoms with Crippen molar-refractivity contribution >= 4 is 21.4 Å². The molecule has 7 heteroatoms. The lowest BCUT2D eigenvalue weighted by Gasteiger charge is -2.18. The molecule has 0 aliphatic rings. The predicted octanol–water partition coefficient (Wildman–Crippen LogP) is 1.48. The molecule has 1 aromatic heterocycles. The maximum Gasteiger partial charge on any atom is 0.240 e. The first-order valence-corrected chi connectivity index (χ1v) is 7.51. The molecule has 1 aromatic carbocycles. The van der Waals surface area contributed by atoms with Crippen LogP contribution in [0.4, 0.5) is 11.4 Å². The van der Waals surface area contributed by atoms with Gasteiger partial charge < -0.3 is 11.1 Å². The standard InChI is InChI=1S/C13H16N4O2S/c1-9(10-4-6-16-7-5-10)17-12-3-2-11(14)8-13(12)20(15,18)19/h2-9,17H,14H2,1H3,(H2,15,18,19). The van der Waals surface area contributed by atoms with E-state index in [-0.39, 0.29) is 10.9 Å². The van der Waals surface area contributed by atoms with Crippen molar-refractivity contribution in [2.45, 2.75) is 17.9 Å². The molecule has 0 spiro atoms. The van der Waals surface area contributed by atoms with Crippen molar-refractivity contribution in [3.8, 4) is 0 Å². The zero-order valence-corrected chi connectivity index (χ0v) is 11.8. The Bertz CT molecular complexity index is 702. The lowest BCUT2D eigenvalue weighted by molar-refractivity contribution is 0.598. The normalized spacial score (nSPS) is 12.9. The highest BCUT2D eigenvalue weighted by Gasteiger charge is 2.16. The van der Waals surface area contributed by atoms with Gasteiger partial charge in [-0.15, -0.1) is 0 Å². The van der Waals surface area contributed by atoms with E-state index in [4.69, 9.17) is 10.9 Å². The second kappa shape index (κ2) is 5.48. The van der Waals surface area contributed by atoms with Crippen LogP contribution in [0.5, 0.6) is 0 Å². The summed E-state index contributed by atoms with van der Waals surface area (Å²) in [6.07, 6.45) is 3.36. The monoisotopic (exact) mass is 292 g/mol. The van der Waals surface area contributed by atoms with Crippen molar-refractivity contribution < 1.29 is 8.42 Å². The Kier molecular flexibility index (Phi) is 3.91. The van der Waals surface area contributed by atoms with Gasteiger partial charge in [0.2, 0.25) is 10.0 Å². The Hall–Kier alpha value is -2.12. The Labute approximate surface area is 117 Å². The molecule has 0 saturated carbocycles. The van der Waals surface area contributed by atoms with E-state index < -0.39 is 10.0 Å². The van der Waals surface area contributed by atoms with Gasteiger partial charge in [-0.05, 0) is 42.8 Å². The summed E-state index contributed by atoms with van der Waals surface area (Å²) in [6.45, 7) is 1.92. The van der Waals surface area contributed by atoms with Crippen molar-refractivity contribution in [2.75, 3.05) is 11.1 Å². The summed E-state index contributed by atoms with van der Waals surface area (Å²) in [6, 6.07) is 8.18. The quantitative estimate of drug-likeness (QED) is 0.739. The first kappa shape index (κ1) is 14.3. The lowest BCUT2D eigenvalue weighted by Crippen LogP contribution is -2.16. The third-order valence-corrected chi connectivity index (χ3v) is 3.84. The van der Waals surface area contributed by atoms with Gasteiger partial charge in [0.15, 0.2) is 0 Å². The van der Waals surface area contributed by atoms with Crippen molar-refractivity contribution in [3.63, 3.8) is 0 Å². The number of nitrogens with one attached hydrogen (secondary N) is 1. The molecule has 1 unspecified atom stereocenters. The molecular weight excluding hydrogens is 276 g/mol. The average Bonchev–Trinajstić information content (AvgIpc) is 2.40. The highest BCUT2D eigenvalue weighted by Crippen LogP contribution is 2.26. The summed E-state index contributed by atoms with van der Waals surface area (Å²) in [5.41, 5.74) is 7.36. The molecule has 0 aliphatic carbocycles. The van der Waals surface area contributed by atoms with E-state index >= 15 is 0 Å². The number of aromatic nitrogens is 1. The number of hydrogen-bond acceptors (Lipinski definition) is 5. The SMILES string of the molecule is CC(Nc1ccc(N)cc1S(N)(=O)=O)c1ccncc1. The van der Waals surface area contributed by atoms with E-state index in [0.717, 1.165) is 5.56 Å². The van der Waals surface area contributed by atoms with Gasteiger partial charge in [-0.25, -0.2) is 13.6 Å². The molecule has 2 rings (SSSR count). The second-order valence-electron chi connectivity index (χ2n) is 4.45. The molecule has 1 atom stereocenters. The van der Waals surface area contributed by atoms with Gasteiger partial charge in [0.25, 0.3) is 0 Å². The number of nitrogen functional groups attached to an aromatic ring is 1. The van der Waals surface area contributed by atoms with E-state index in [1.807, 2.05) is 19.1 Å². The van der Waals surface area contributed by atoms with Gasteiger partial charge >= 0.3 is 0 Å². The van der Waals surface area contributed by atoms with E-state index in [1.165, 1.54) is 6.07 Å². The van der Waals surface area contributed by atoms with Gasteiger partial charge in [0.05, 0.1) is 5.69 Å². The molecule has 0 aliphatic heterocycles. The maximum absolute atomic E-state index is 11.6. The summed E-state index contributed by atoms with van der Waals surface area (Å²) in [7, 11) is -3.84. The summed E-state index contributed by atoms with van der Waals surface area (Å²) in [4.78, 5) is 3.93. The van der Waals surface area contributed by atoms with Crippen LogP contribution in [0.25, 0.3) is 0 Å². The molecule has 0 radical (unpaired) electrons. The Morgan fingerprint density at radius 3 is 2.45 bits per heavy atom. The molecule has 1 heterocycles. The van der Waals surface area contributed by atoms with Crippen LogP contribution in [-0.2, 0) is 10.0 Å². The van der Waals surface area contributed by atoms with Crippen LogP contribution in [0.2, 0.25) is 0 Å². The van der Waals surface area contributed by atoms with Crippen LogP contribution in [0.3, 0.4) is 0 Å². The largest absolute Gasteiger partial charge is 0.399 e. The molecule has 106 valence electrons. The topological polar surface area (TPSA) is 111 Å². The number of pyridine rings is 1. The summed E-state index contributed by atoms with van der Waals surface area (Å²) in [5.74, 6) is 0. The van der Waals surface area contributed by atoms with Gasteiger partial charge in [-0.1, -0.05) is 0 Å². The predicted molar refractivity (Wildman–Crippen MR) is 78.5 cm³/mol. The molecule has 2 aromatic rings. The summed E-state index contributed by atoms with van der Waals surface area (Å²) < 4.78 is 23.2. The van der Waals surface area contributed by atoms with Gasteiger partial charge in [0, 0.05) is 24.1 Å².